The van der Waals surface area contributed by atoms with Crippen molar-refractivity contribution in [3.05, 3.63) is 47.3 Å². The van der Waals surface area contributed by atoms with Gasteiger partial charge in [-0.3, -0.25) is 0 Å². The lowest BCUT2D eigenvalue weighted by atomic mass is 9.98. The summed E-state index contributed by atoms with van der Waals surface area (Å²) in [7, 11) is 0. The molecule has 1 aromatic carbocycles. The van der Waals surface area contributed by atoms with Crippen LogP contribution in [0.5, 0.6) is 0 Å². The summed E-state index contributed by atoms with van der Waals surface area (Å²) in [6.45, 7) is -0.232. The van der Waals surface area contributed by atoms with Gasteiger partial charge in [-0.1, -0.05) is 30.3 Å². The molecule has 0 aliphatic rings. The molecule has 1 atom stereocenters. The molecule has 96 valence electrons. The van der Waals surface area contributed by atoms with Crippen LogP contribution in [0.15, 0.2) is 41.8 Å². The summed E-state index contributed by atoms with van der Waals surface area (Å²) in [4.78, 5) is 1.21. The van der Waals surface area contributed by atoms with E-state index in [1.807, 2.05) is 35.7 Å². The number of hydrogen-bond donors (Lipinski definition) is 3. The van der Waals surface area contributed by atoms with Crippen molar-refractivity contribution in [2.24, 2.45) is 5.92 Å². The van der Waals surface area contributed by atoms with Gasteiger partial charge in [-0.05, 0) is 29.0 Å². The average Bonchev–Trinajstić information content (AvgIpc) is 2.90. The smallest absolute Gasteiger partial charge is 0.156 e. The molecule has 1 aromatic heterocycles. The molecular weight excluding hydrogens is 248 g/mol. The summed E-state index contributed by atoms with van der Waals surface area (Å²) in [5.74, 6) is -0.530. The first-order valence-corrected chi connectivity index (χ1v) is 6.68. The third-order valence-electron chi connectivity index (χ3n) is 2.91. The minimum atomic E-state index is -1.48. The highest BCUT2D eigenvalue weighted by Crippen LogP contribution is 2.25. The number of hydrogen-bond acceptors (Lipinski definition) is 4. The van der Waals surface area contributed by atoms with E-state index in [-0.39, 0.29) is 6.61 Å². The molecule has 0 fully saturated rings. The minimum Gasteiger partial charge on any atom is -0.396 e. The Morgan fingerprint density at radius 1 is 1.06 bits per heavy atom. The molecule has 0 aliphatic heterocycles. The van der Waals surface area contributed by atoms with E-state index in [1.165, 1.54) is 4.88 Å². The van der Waals surface area contributed by atoms with Gasteiger partial charge in [0.05, 0.1) is 6.61 Å². The van der Waals surface area contributed by atoms with E-state index in [0.717, 1.165) is 11.1 Å². The Morgan fingerprint density at radius 3 is 2.28 bits per heavy atom. The molecule has 0 saturated carbocycles. The van der Waals surface area contributed by atoms with Gasteiger partial charge in [0.25, 0.3) is 0 Å². The summed E-state index contributed by atoms with van der Waals surface area (Å²) >= 11 is 1.69. The Balaban J connectivity index is 2.08. The third kappa shape index (κ3) is 3.17. The fourth-order valence-electron chi connectivity index (χ4n) is 1.81. The van der Waals surface area contributed by atoms with Crippen molar-refractivity contribution >= 4 is 11.3 Å². The molecule has 3 N–H and O–H groups in total. The van der Waals surface area contributed by atoms with E-state index in [9.17, 15) is 0 Å². The molecule has 3 nitrogen and oxygen atoms in total. The van der Waals surface area contributed by atoms with Crippen LogP contribution in [-0.2, 0) is 6.42 Å². The zero-order valence-corrected chi connectivity index (χ0v) is 10.7. The lowest BCUT2D eigenvalue weighted by Gasteiger charge is -2.16. The van der Waals surface area contributed by atoms with Gasteiger partial charge in [-0.2, -0.15) is 0 Å². The second kappa shape index (κ2) is 6.11. The molecule has 0 bridgehead atoms. The molecule has 0 aliphatic carbocycles. The van der Waals surface area contributed by atoms with Crippen molar-refractivity contribution in [1.29, 1.82) is 0 Å². The molecular formula is C14H16O3S. The minimum absolute atomic E-state index is 0.232. The molecule has 0 radical (unpaired) electrons. The van der Waals surface area contributed by atoms with Crippen LogP contribution in [0.2, 0.25) is 0 Å². The highest BCUT2D eigenvalue weighted by atomic mass is 32.1. The monoisotopic (exact) mass is 264 g/mol. The number of rotatable bonds is 5. The average molecular weight is 264 g/mol. The second-order valence-corrected chi connectivity index (χ2v) is 5.18. The molecule has 0 amide bonds. The molecule has 0 spiro atoms. The van der Waals surface area contributed by atoms with Crippen molar-refractivity contribution in [3.63, 3.8) is 0 Å². The Kier molecular flexibility index (Phi) is 4.49. The van der Waals surface area contributed by atoms with Gasteiger partial charge in [0.15, 0.2) is 6.29 Å². The molecule has 2 aromatic rings. The molecule has 1 unspecified atom stereocenters. The fraction of sp³-hybridized carbons (Fsp3) is 0.286. The summed E-state index contributed by atoms with van der Waals surface area (Å²) in [6.07, 6.45) is -1.02. The molecule has 0 saturated heterocycles. The predicted octanol–water partition coefficient (Wildman–Crippen LogP) is 1.88. The summed E-state index contributed by atoms with van der Waals surface area (Å²) in [6, 6.07) is 12.0. The van der Waals surface area contributed by atoms with Gasteiger partial charge in [0.2, 0.25) is 0 Å². The first kappa shape index (κ1) is 13.2. The topological polar surface area (TPSA) is 60.7 Å². The van der Waals surface area contributed by atoms with Crippen LogP contribution < -0.4 is 0 Å². The van der Waals surface area contributed by atoms with E-state index in [0.29, 0.717) is 6.42 Å². The van der Waals surface area contributed by atoms with Crippen LogP contribution in [0.25, 0.3) is 10.4 Å². The lowest BCUT2D eigenvalue weighted by Crippen LogP contribution is -2.25. The van der Waals surface area contributed by atoms with E-state index in [2.05, 4.69) is 6.07 Å². The number of aliphatic hydroxyl groups excluding tert-OH is 2. The van der Waals surface area contributed by atoms with Crippen LogP contribution in [0, 0.1) is 5.92 Å². The third-order valence-corrected chi connectivity index (χ3v) is 3.83. The molecule has 18 heavy (non-hydrogen) atoms. The maximum absolute atomic E-state index is 9.08. The van der Waals surface area contributed by atoms with E-state index in [4.69, 9.17) is 15.3 Å². The summed E-state index contributed by atoms with van der Waals surface area (Å²) in [5.41, 5.74) is 2.14. The standard InChI is InChI=1S/C14H16O3S/c15-9-12(14(16)17)8-10-3-5-11(6-4-10)13-2-1-7-18-13/h1-7,12,14-17H,8-9H2. The van der Waals surface area contributed by atoms with Crippen molar-refractivity contribution < 1.29 is 15.3 Å². The SMILES string of the molecule is OCC(Cc1ccc(-c2cccs2)cc1)C(O)O. The van der Waals surface area contributed by atoms with Crippen LogP contribution >= 0.6 is 11.3 Å². The van der Waals surface area contributed by atoms with Crippen molar-refractivity contribution in [3.8, 4) is 10.4 Å². The van der Waals surface area contributed by atoms with Crippen LogP contribution in [0.1, 0.15) is 5.56 Å². The highest BCUT2D eigenvalue weighted by molar-refractivity contribution is 7.13. The van der Waals surface area contributed by atoms with Crippen LogP contribution in [0.4, 0.5) is 0 Å². The van der Waals surface area contributed by atoms with Gasteiger partial charge in [-0.15, -0.1) is 11.3 Å². The van der Waals surface area contributed by atoms with Crippen molar-refractivity contribution in [2.45, 2.75) is 12.7 Å². The quantitative estimate of drug-likeness (QED) is 0.723. The maximum Gasteiger partial charge on any atom is 0.156 e. The summed E-state index contributed by atoms with van der Waals surface area (Å²) < 4.78 is 0. The Hall–Kier alpha value is -1.20. The fourth-order valence-corrected chi connectivity index (χ4v) is 2.55. The number of thiophene rings is 1. The zero-order chi connectivity index (χ0) is 13.0. The van der Waals surface area contributed by atoms with Crippen LogP contribution in [-0.4, -0.2) is 28.2 Å². The Labute approximate surface area is 110 Å². The largest absolute Gasteiger partial charge is 0.396 e. The predicted molar refractivity (Wildman–Crippen MR) is 72.3 cm³/mol. The van der Waals surface area contributed by atoms with E-state index >= 15 is 0 Å². The highest BCUT2D eigenvalue weighted by Gasteiger charge is 2.16. The van der Waals surface area contributed by atoms with Gasteiger partial charge < -0.3 is 15.3 Å². The maximum atomic E-state index is 9.08. The first-order valence-electron chi connectivity index (χ1n) is 5.80. The number of aliphatic hydroxyl groups is 3. The lowest BCUT2D eigenvalue weighted by molar-refractivity contribution is -0.0959. The second-order valence-electron chi connectivity index (χ2n) is 4.23. The Morgan fingerprint density at radius 2 is 1.78 bits per heavy atom. The van der Waals surface area contributed by atoms with Gasteiger partial charge in [0.1, 0.15) is 0 Å². The summed E-state index contributed by atoms with van der Waals surface area (Å²) in [5, 5.41) is 29.2. The van der Waals surface area contributed by atoms with E-state index < -0.39 is 12.2 Å². The van der Waals surface area contributed by atoms with Crippen molar-refractivity contribution in [2.75, 3.05) is 6.61 Å². The normalized spacial score (nSPS) is 12.9. The van der Waals surface area contributed by atoms with Crippen molar-refractivity contribution in [1.82, 2.24) is 0 Å². The molecule has 4 heteroatoms. The zero-order valence-electron chi connectivity index (χ0n) is 9.86. The molecule has 2 rings (SSSR count). The molecule has 1 heterocycles. The van der Waals surface area contributed by atoms with Gasteiger partial charge in [-0.25, -0.2) is 0 Å². The number of benzene rings is 1. The van der Waals surface area contributed by atoms with Gasteiger partial charge in [0, 0.05) is 10.8 Å². The van der Waals surface area contributed by atoms with E-state index in [1.54, 1.807) is 11.3 Å². The first-order chi connectivity index (χ1) is 8.70. The van der Waals surface area contributed by atoms with Crippen LogP contribution in [0.3, 0.4) is 0 Å². The Bertz CT molecular complexity index is 462. The van der Waals surface area contributed by atoms with Gasteiger partial charge >= 0.3 is 0 Å².